The van der Waals surface area contributed by atoms with E-state index in [1.807, 2.05) is 0 Å². The fourth-order valence-electron chi connectivity index (χ4n) is 3.18. The number of anilines is 1. The number of sulfonamides is 1. The van der Waals surface area contributed by atoms with Crippen molar-refractivity contribution in [2.75, 3.05) is 25.0 Å². The van der Waals surface area contributed by atoms with Gasteiger partial charge in [-0.2, -0.15) is 4.72 Å². The molecule has 2 aliphatic heterocycles. The number of hydrogen-bond donors (Lipinski definition) is 1. The number of likely N-dealkylation sites (tertiary alicyclic amines) is 1. The Balaban J connectivity index is 1.77. The van der Waals surface area contributed by atoms with Gasteiger partial charge in [0, 0.05) is 25.8 Å². The highest BCUT2D eigenvalue weighted by atomic mass is 32.2. The van der Waals surface area contributed by atoms with Crippen molar-refractivity contribution in [1.29, 1.82) is 0 Å². The van der Waals surface area contributed by atoms with Gasteiger partial charge in [0.15, 0.2) is 0 Å². The van der Waals surface area contributed by atoms with Crippen LogP contribution in [0.1, 0.15) is 25.3 Å². The molecule has 1 fully saturated rings. The topological polar surface area (TPSA) is 86.8 Å². The Kier molecular flexibility index (Phi) is 4.35. The van der Waals surface area contributed by atoms with Crippen molar-refractivity contribution in [2.24, 2.45) is 0 Å². The zero-order valence-corrected chi connectivity index (χ0v) is 14.6. The monoisotopic (exact) mass is 351 g/mol. The summed E-state index contributed by atoms with van der Waals surface area (Å²) < 4.78 is 27.5. The van der Waals surface area contributed by atoms with Crippen LogP contribution in [0.25, 0.3) is 0 Å². The van der Waals surface area contributed by atoms with Crippen LogP contribution in [0.3, 0.4) is 0 Å². The highest BCUT2D eigenvalue weighted by Gasteiger charge is 2.29. The summed E-state index contributed by atoms with van der Waals surface area (Å²) in [7, 11) is -2.15. The van der Waals surface area contributed by atoms with E-state index in [9.17, 15) is 18.0 Å². The lowest BCUT2D eigenvalue weighted by atomic mass is 10.2. The van der Waals surface area contributed by atoms with Gasteiger partial charge in [0.1, 0.15) is 0 Å². The minimum atomic E-state index is -3.82. The van der Waals surface area contributed by atoms with Crippen molar-refractivity contribution in [1.82, 2.24) is 9.62 Å². The quantitative estimate of drug-likeness (QED) is 0.855. The predicted octanol–water partition coefficient (Wildman–Crippen LogP) is 0.495. The van der Waals surface area contributed by atoms with Crippen molar-refractivity contribution in [3.8, 4) is 0 Å². The van der Waals surface area contributed by atoms with Gasteiger partial charge in [-0.05, 0) is 43.5 Å². The number of nitrogens with one attached hydrogen (secondary N) is 1. The first-order valence-corrected chi connectivity index (χ1v) is 9.48. The highest BCUT2D eigenvalue weighted by Crippen LogP contribution is 2.29. The third kappa shape index (κ3) is 3.03. The summed E-state index contributed by atoms with van der Waals surface area (Å²) in [4.78, 5) is 27.3. The Morgan fingerprint density at radius 3 is 2.58 bits per heavy atom. The van der Waals surface area contributed by atoms with Crippen LogP contribution in [-0.2, 0) is 26.0 Å². The lowest BCUT2D eigenvalue weighted by Crippen LogP contribution is -2.45. The summed E-state index contributed by atoms with van der Waals surface area (Å²) in [6.07, 6.45) is 2.10. The molecule has 7 nitrogen and oxygen atoms in total. The van der Waals surface area contributed by atoms with Crippen LogP contribution in [-0.4, -0.2) is 51.3 Å². The summed E-state index contributed by atoms with van der Waals surface area (Å²) >= 11 is 0. The van der Waals surface area contributed by atoms with Crippen LogP contribution in [0.5, 0.6) is 0 Å². The number of carbonyl (C=O) groups is 2. The molecule has 1 N–H and O–H groups in total. The van der Waals surface area contributed by atoms with Gasteiger partial charge in [0.25, 0.3) is 0 Å². The number of carbonyl (C=O) groups excluding carboxylic acids is 2. The number of fused-ring (bicyclic) bond motifs is 1. The first-order chi connectivity index (χ1) is 11.3. The summed E-state index contributed by atoms with van der Waals surface area (Å²) in [5, 5.41) is 0. The Bertz CT molecular complexity index is 785. The molecule has 1 aromatic rings. The summed E-state index contributed by atoms with van der Waals surface area (Å²) in [5.41, 5.74) is 1.41. The molecule has 3 rings (SSSR count). The van der Waals surface area contributed by atoms with E-state index in [1.165, 1.54) is 17.0 Å². The molecule has 8 heteroatoms. The smallest absolute Gasteiger partial charge is 0.241 e. The first kappa shape index (κ1) is 16.9. The van der Waals surface area contributed by atoms with Crippen LogP contribution in [0, 0.1) is 0 Å². The first-order valence-electron chi connectivity index (χ1n) is 8.00. The van der Waals surface area contributed by atoms with Gasteiger partial charge in [0.05, 0.1) is 17.4 Å². The zero-order valence-electron chi connectivity index (χ0n) is 13.8. The molecule has 0 saturated carbocycles. The van der Waals surface area contributed by atoms with E-state index in [-0.39, 0.29) is 23.1 Å². The zero-order chi connectivity index (χ0) is 17.5. The maximum Gasteiger partial charge on any atom is 0.241 e. The lowest BCUT2D eigenvalue weighted by molar-refractivity contribution is -0.131. The molecular formula is C16H21N3O4S. The molecular weight excluding hydrogens is 330 g/mol. The Labute approximate surface area is 141 Å². The fourth-order valence-corrected chi connectivity index (χ4v) is 4.42. The van der Waals surface area contributed by atoms with Gasteiger partial charge in [-0.25, -0.2) is 8.42 Å². The van der Waals surface area contributed by atoms with Crippen molar-refractivity contribution in [3.63, 3.8) is 0 Å². The van der Waals surface area contributed by atoms with E-state index in [0.29, 0.717) is 18.7 Å². The van der Waals surface area contributed by atoms with Crippen molar-refractivity contribution in [2.45, 2.75) is 37.1 Å². The maximum absolute atomic E-state index is 12.5. The molecule has 1 saturated heterocycles. The van der Waals surface area contributed by atoms with Crippen LogP contribution < -0.4 is 9.62 Å². The largest absolute Gasteiger partial charge is 0.341 e. The molecule has 2 heterocycles. The van der Waals surface area contributed by atoms with Crippen LogP contribution in [0.4, 0.5) is 5.69 Å². The SMILES string of the molecule is C[C@H](NS(=O)(=O)c1ccc2c(c1)CC(=O)N2C)C(=O)N1CCCC1. The molecule has 0 aromatic heterocycles. The van der Waals surface area contributed by atoms with Gasteiger partial charge in [-0.3, -0.25) is 9.59 Å². The fraction of sp³-hybridized carbons (Fsp3) is 0.500. The Morgan fingerprint density at radius 2 is 1.92 bits per heavy atom. The van der Waals surface area contributed by atoms with E-state index in [1.54, 1.807) is 24.9 Å². The molecule has 0 spiro atoms. The van der Waals surface area contributed by atoms with Gasteiger partial charge >= 0.3 is 0 Å². The van der Waals surface area contributed by atoms with E-state index in [4.69, 9.17) is 0 Å². The number of amides is 2. The highest BCUT2D eigenvalue weighted by molar-refractivity contribution is 7.89. The van der Waals surface area contributed by atoms with Crippen LogP contribution in [0.15, 0.2) is 23.1 Å². The van der Waals surface area contributed by atoms with E-state index < -0.39 is 16.1 Å². The number of hydrogen-bond acceptors (Lipinski definition) is 4. The normalized spacial score (nSPS) is 18.8. The predicted molar refractivity (Wildman–Crippen MR) is 89.2 cm³/mol. The van der Waals surface area contributed by atoms with E-state index in [2.05, 4.69) is 4.72 Å². The van der Waals surface area contributed by atoms with Crippen molar-refractivity contribution in [3.05, 3.63) is 23.8 Å². The molecule has 2 aliphatic rings. The van der Waals surface area contributed by atoms with E-state index >= 15 is 0 Å². The van der Waals surface area contributed by atoms with Crippen LogP contribution >= 0.6 is 0 Å². The molecule has 24 heavy (non-hydrogen) atoms. The second-order valence-electron chi connectivity index (χ2n) is 6.30. The molecule has 0 unspecified atom stereocenters. The summed E-state index contributed by atoms with van der Waals surface area (Å²) in [6.45, 7) is 2.92. The van der Waals surface area contributed by atoms with Gasteiger partial charge in [-0.15, -0.1) is 0 Å². The van der Waals surface area contributed by atoms with Crippen molar-refractivity contribution < 1.29 is 18.0 Å². The second-order valence-corrected chi connectivity index (χ2v) is 8.01. The number of rotatable bonds is 4. The average Bonchev–Trinajstić information content (AvgIpc) is 3.15. The lowest BCUT2D eigenvalue weighted by Gasteiger charge is -2.21. The molecule has 1 atom stereocenters. The average molecular weight is 351 g/mol. The number of benzene rings is 1. The van der Waals surface area contributed by atoms with Gasteiger partial charge in [-0.1, -0.05) is 0 Å². The molecule has 0 bridgehead atoms. The van der Waals surface area contributed by atoms with Gasteiger partial charge < -0.3 is 9.80 Å². The number of nitrogens with zero attached hydrogens (tertiary/aromatic N) is 2. The minimum Gasteiger partial charge on any atom is -0.341 e. The number of likely N-dealkylation sites (N-methyl/N-ethyl adjacent to an activating group) is 1. The molecule has 0 radical (unpaired) electrons. The minimum absolute atomic E-state index is 0.0647. The third-order valence-electron chi connectivity index (χ3n) is 4.56. The third-order valence-corrected chi connectivity index (χ3v) is 6.10. The molecule has 0 aliphatic carbocycles. The molecule has 1 aromatic carbocycles. The second kappa shape index (κ2) is 6.18. The van der Waals surface area contributed by atoms with Crippen LogP contribution in [0.2, 0.25) is 0 Å². The standard InChI is InChI=1S/C16H21N3O4S/c1-11(16(21)19-7-3-4-8-19)17-24(22,23)13-5-6-14-12(9-13)10-15(20)18(14)2/h5-6,9,11,17H,3-4,7-8,10H2,1-2H3/t11-/m0/s1. The Morgan fingerprint density at radius 1 is 1.25 bits per heavy atom. The summed E-state index contributed by atoms with van der Waals surface area (Å²) in [5.74, 6) is -0.266. The van der Waals surface area contributed by atoms with E-state index in [0.717, 1.165) is 18.5 Å². The van der Waals surface area contributed by atoms with Gasteiger partial charge in [0.2, 0.25) is 21.8 Å². The summed E-state index contributed by atoms with van der Waals surface area (Å²) in [6, 6.07) is 3.78. The maximum atomic E-state index is 12.5. The molecule has 130 valence electrons. The Hall–Kier alpha value is -1.93. The molecule has 2 amide bonds. The van der Waals surface area contributed by atoms with Crippen molar-refractivity contribution >= 4 is 27.5 Å².